The number of hydrogen-bond acceptors (Lipinski definition) is 3. The quantitative estimate of drug-likeness (QED) is 0.619. The maximum atomic E-state index is 12.7. The van der Waals surface area contributed by atoms with Crippen LogP contribution in [0.25, 0.3) is 0 Å². The van der Waals surface area contributed by atoms with Gasteiger partial charge in [-0.15, -0.1) is 0 Å². The lowest BCUT2D eigenvalue weighted by molar-refractivity contribution is 0.0500. The second-order valence-electron chi connectivity index (χ2n) is 4.52. The van der Waals surface area contributed by atoms with Crippen LogP contribution in [0.15, 0.2) is 42.5 Å². The summed E-state index contributed by atoms with van der Waals surface area (Å²) in [5.41, 5.74) is 2.33. The molecule has 0 unspecified atom stereocenters. The molecule has 0 amide bonds. The minimum atomic E-state index is -0.429. The Morgan fingerprint density at radius 3 is 2.65 bits per heavy atom. The minimum absolute atomic E-state index is 0.325. The van der Waals surface area contributed by atoms with Gasteiger partial charge in [0.1, 0.15) is 5.82 Å². The number of hydrogen-bond donors (Lipinski definition) is 0. The molecule has 20 heavy (non-hydrogen) atoms. The van der Waals surface area contributed by atoms with Crippen LogP contribution in [0.1, 0.15) is 28.2 Å². The van der Waals surface area contributed by atoms with E-state index in [1.165, 1.54) is 24.3 Å². The second-order valence-corrected chi connectivity index (χ2v) is 4.52. The Balaban J connectivity index is 1.76. The van der Waals surface area contributed by atoms with E-state index >= 15 is 0 Å². The van der Waals surface area contributed by atoms with Gasteiger partial charge in [0, 0.05) is 11.4 Å². The van der Waals surface area contributed by atoms with Gasteiger partial charge >= 0.3 is 5.97 Å². The summed E-state index contributed by atoms with van der Waals surface area (Å²) in [6, 6.07) is 11.2. The van der Waals surface area contributed by atoms with Crippen LogP contribution in [0.4, 0.5) is 4.39 Å². The fraction of sp³-hybridized carbons (Fsp3) is 0.250. The number of aromatic nitrogens is 1. The van der Waals surface area contributed by atoms with E-state index in [9.17, 15) is 9.18 Å². The van der Waals surface area contributed by atoms with E-state index in [0.717, 1.165) is 17.8 Å². The van der Waals surface area contributed by atoms with Gasteiger partial charge in [0.05, 0.1) is 12.2 Å². The summed E-state index contributed by atoms with van der Waals surface area (Å²) < 4.78 is 17.8. The maximum absolute atomic E-state index is 12.7. The molecule has 0 fully saturated rings. The largest absolute Gasteiger partial charge is 0.462 e. The van der Waals surface area contributed by atoms with Gasteiger partial charge in [-0.25, -0.2) is 9.18 Å². The first-order chi connectivity index (χ1) is 9.65. The molecule has 0 atom stereocenters. The smallest absolute Gasteiger partial charge is 0.338 e. The van der Waals surface area contributed by atoms with Crippen molar-refractivity contribution in [3.63, 3.8) is 0 Å². The minimum Gasteiger partial charge on any atom is -0.462 e. The highest BCUT2D eigenvalue weighted by molar-refractivity contribution is 5.89. The fourth-order valence-electron chi connectivity index (χ4n) is 1.83. The van der Waals surface area contributed by atoms with Gasteiger partial charge in [0.25, 0.3) is 0 Å². The second kappa shape index (κ2) is 6.80. The van der Waals surface area contributed by atoms with E-state index in [2.05, 4.69) is 4.98 Å². The van der Waals surface area contributed by atoms with Crippen molar-refractivity contribution < 1.29 is 13.9 Å². The van der Waals surface area contributed by atoms with Crippen molar-refractivity contribution in [2.75, 3.05) is 6.61 Å². The predicted octanol–water partition coefficient (Wildman–Crippen LogP) is 3.32. The van der Waals surface area contributed by atoms with E-state index in [4.69, 9.17) is 4.74 Å². The molecule has 3 nitrogen and oxygen atoms in total. The van der Waals surface area contributed by atoms with E-state index in [1.54, 1.807) is 0 Å². The van der Waals surface area contributed by atoms with Crippen LogP contribution < -0.4 is 0 Å². The van der Waals surface area contributed by atoms with Crippen molar-refractivity contribution in [2.45, 2.75) is 19.8 Å². The number of pyridine rings is 1. The zero-order valence-electron chi connectivity index (χ0n) is 11.3. The molecule has 1 heterocycles. The third-order valence-corrected chi connectivity index (χ3v) is 2.84. The van der Waals surface area contributed by atoms with Crippen molar-refractivity contribution in [1.82, 2.24) is 4.98 Å². The van der Waals surface area contributed by atoms with Crippen molar-refractivity contribution in [2.24, 2.45) is 0 Å². The third-order valence-electron chi connectivity index (χ3n) is 2.84. The van der Waals surface area contributed by atoms with Crippen LogP contribution in [-0.2, 0) is 11.2 Å². The van der Waals surface area contributed by atoms with Crippen molar-refractivity contribution >= 4 is 5.97 Å². The summed E-state index contributed by atoms with van der Waals surface area (Å²) in [4.78, 5) is 16.0. The average molecular weight is 273 g/mol. The number of aryl methyl sites for hydroxylation is 2. The van der Waals surface area contributed by atoms with Crippen LogP contribution in [-0.4, -0.2) is 17.6 Å². The number of rotatable bonds is 5. The van der Waals surface area contributed by atoms with Crippen molar-refractivity contribution in [3.8, 4) is 0 Å². The number of carbonyl (C=O) groups is 1. The maximum Gasteiger partial charge on any atom is 0.338 e. The predicted molar refractivity (Wildman–Crippen MR) is 74.0 cm³/mol. The summed E-state index contributed by atoms with van der Waals surface area (Å²) >= 11 is 0. The monoisotopic (exact) mass is 273 g/mol. The molecular formula is C16H16FNO2. The Bertz CT molecular complexity index is 581. The fourth-order valence-corrected chi connectivity index (χ4v) is 1.83. The zero-order valence-corrected chi connectivity index (χ0v) is 11.3. The lowest BCUT2D eigenvalue weighted by atomic mass is 10.2. The molecular weight excluding hydrogens is 257 g/mol. The molecule has 0 aliphatic rings. The van der Waals surface area contributed by atoms with E-state index in [0.29, 0.717) is 18.6 Å². The normalized spacial score (nSPS) is 10.3. The Morgan fingerprint density at radius 2 is 1.95 bits per heavy atom. The first-order valence-electron chi connectivity index (χ1n) is 6.50. The molecule has 1 aromatic heterocycles. The molecule has 0 aliphatic carbocycles. The van der Waals surface area contributed by atoms with Crippen molar-refractivity contribution in [3.05, 3.63) is 65.2 Å². The summed E-state index contributed by atoms with van der Waals surface area (Å²) in [7, 11) is 0. The number of halogens is 1. The molecule has 0 aliphatic heterocycles. The highest BCUT2D eigenvalue weighted by Crippen LogP contribution is 2.06. The zero-order chi connectivity index (χ0) is 14.4. The molecule has 104 valence electrons. The summed E-state index contributed by atoms with van der Waals surface area (Å²) in [6.07, 6.45) is 1.47. The lowest BCUT2D eigenvalue weighted by Gasteiger charge is -2.05. The number of ether oxygens (including phenoxy) is 1. The lowest BCUT2D eigenvalue weighted by Crippen LogP contribution is -2.07. The highest BCUT2D eigenvalue weighted by Gasteiger charge is 2.06. The van der Waals surface area contributed by atoms with E-state index < -0.39 is 5.97 Å². The summed E-state index contributed by atoms with van der Waals surface area (Å²) in [5, 5.41) is 0. The topological polar surface area (TPSA) is 39.2 Å². The Morgan fingerprint density at radius 1 is 1.20 bits per heavy atom. The first kappa shape index (κ1) is 14.2. The number of esters is 1. The molecule has 0 bridgehead atoms. The summed E-state index contributed by atoms with van der Waals surface area (Å²) in [5.74, 6) is -0.797. The molecule has 2 aromatic rings. The standard InChI is InChI=1S/C16H16FNO2/c1-12-4-2-5-15(18-12)6-3-11-20-16(19)13-7-9-14(17)10-8-13/h2,4-5,7-10H,3,6,11H2,1H3. The Kier molecular flexibility index (Phi) is 4.82. The van der Waals surface area contributed by atoms with Crippen LogP contribution in [0.3, 0.4) is 0 Å². The van der Waals surface area contributed by atoms with Gasteiger partial charge in [-0.2, -0.15) is 0 Å². The van der Waals surface area contributed by atoms with Gasteiger partial charge in [-0.3, -0.25) is 4.98 Å². The number of nitrogens with zero attached hydrogens (tertiary/aromatic N) is 1. The Labute approximate surface area is 117 Å². The highest BCUT2D eigenvalue weighted by atomic mass is 19.1. The van der Waals surface area contributed by atoms with Gasteiger partial charge in [-0.05, 0) is 56.2 Å². The van der Waals surface area contributed by atoms with Crippen molar-refractivity contribution in [1.29, 1.82) is 0 Å². The van der Waals surface area contributed by atoms with E-state index in [1.807, 2.05) is 25.1 Å². The summed E-state index contributed by atoms with van der Waals surface area (Å²) in [6.45, 7) is 2.27. The van der Waals surface area contributed by atoms with Gasteiger partial charge in [0.2, 0.25) is 0 Å². The molecule has 0 N–H and O–H groups in total. The van der Waals surface area contributed by atoms with Gasteiger partial charge in [0.15, 0.2) is 0 Å². The molecule has 0 saturated carbocycles. The van der Waals surface area contributed by atoms with Crippen LogP contribution in [0.2, 0.25) is 0 Å². The molecule has 1 aromatic carbocycles. The third kappa shape index (κ3) is 4.16. The van der Waals surface area contributed by atoms with Crippen LogP contribution >= 0.6 is 0 Å². The number of benzene rings is 1. The van der Waals surface area contributed by atoms with Crippen LogP contribution in [0.5, 0.6) is 0 Å². The molecule has 0 radical (unpaired) electrons. The molecule has 2 rings (SSSR count). The first-order valence-corrected chi connectivity index (χ1v) is 6.50. The average Bonchev–Trinajstić information content (AvgIpc) is 2.44. The molecule has 0 spiro atoms. The number of carbonyl (C=O) groups excluding carboxylic acids is 1. The van der Waals surface area contributed by atoms with Gasteiger partial charge in [-0.1, -0.05) is 6.07 Å². The van der Waals surface area contributed by atoms with Gasteiger partial charge < -0.3 is 4.74 Å². The SMILES string of the molecule is Cc1cccc(CCCOC(=O)c2ccc(F)cc2)n1. The molecule has 4 heteroatoms. The Hall–Kier alpha value is -2.23. The van der Waals surface area contributed by atoms with E-state index in [-0.39, 0.29) is 5.82 Å². The molecule has 0 saturated heterocycles. The van der Waals surface area contributed by atoms with Crippen LogP contribution in [0, 0.1) is 12.7 Å².